The second-order valence-electron chi connectivity index (χ2n) is 7.74. The van der Waals surface area contributed by atoms with Gasteiger partial charge in [-0.3, -0.25) is 9.59 Å². The van der Waals surface area contributed by atoms with E-state index in [2.05, 4.69) is 0 Å². The van der Waals surface area contributed by atoms with E-state index in [-0.39, 0.29) is 23.6 Å². The molecule has 1 aromatic heterocycles. The van der Waals surface area contributed by atoms with Crippen LogP contribution in [0.1, 0.15) is 52.6 Å². The Balaban J connectivity index is 1.89. The molecule has 2 aromatic rings. The molecule has 1 aliphatic heterocycles. The van der Waals surface area contributed by atoms with Crippen molar-refractivity contribution in [1.82, 2.24) is 9.47 Å². The van der Waals surface area contributed by atoms with E-state index < -0.39 is 0 Å². The SMILES string of the molecule is CCOC(=O)[C@@H]1CCCN(C(=O)c2c(C)c(C)c(C)n2Cc2ccc(F)cc2)C1. The van der Waals surface area contributed by atoms with Crippen LogP contribution in [0.4, 0.5) is 4.39 Å². The molecule has 3 rings (SSSR count). The molecular formula is C23H29FN2O3. The standard InChI is InChI=1S/C23H29FN2O3/c1-5-29-23(28)19-7-6-12-25(14-19)22(27)21-16(3)15(2)17(4)26(21)13-18-8-10-20(24)11-9-18/h8-11,19H,5-7,12-14H2,1-4H3/t19-/m1/s1. The van der Waals surface area contributed by atoms with Gasteiger partial charge in [-0.25, -0.2) is 4.39 Å². The second-order valence-corrected chi connectivity index (χ2v) is 7.74. The third kappa shape index (κ3) is 4.36. The number of nitrogens with zero attached hydrogens (tertiary/aromatic N) is 2. The molecule has 0 spiro atoms. The van der Waals surface area contributed by atoms with Gasteiger partial charge in [0.2, 0.25) is 0 Å². The third-order valence-corrected chi connectivity index (χ3v) is 5.92. The van der Waals surface area contributed by atoms with E-state index in [1.165, 1.54) is 12.1 Å². The molecule has 1 atom stereocenters. The highest BCUT2D eigenvalue weighted by Gasteiger charge is 2.32. The van der Waals surface area contributed by atoms with Crippen LogP contribution in [0, 0.1) is 32.5 Å². The molecule has 0 unspecified atom stereocenters. The summed E-state index contributed by atoms with van der Waals surface area (Å²) in [6, 6.07) is 6.35. The van der Waals surface area contributed by atoms with E-state index in [4.69, 9.17) is 4.74 Å². The van der Waals surface area contributed by atoms with Crippen LogP contribution in [-0.2, 0) is 16.1 Å². The molecule has 0 radical (unpaired) electrons. The number of benzene rings is 1. The lowest BCUT2D eigenvalue weighted by Crippen LogP contribution is -2.43. The molecule has 0 saturated carbocycles. The number of carbonyl (C=O) groups excluding carboxylic acids is 2. The minimum Gasteiger partial charge on any atom is -0.466 e. The Morgan fingerprint density at radius 2 is 1.83 bits per heavy atom. The van der Waals surface area contributed by atoms with Crippen molar-refractivity contribution in [2.75, 3.05) is 19.7 Å². The van der Waals surface area contributed by atoms with Gasteiger partial charge in [0.25, 0.3) is 5.91 Å². The average molecular weight is 400 g/mol. The lowest BCUT2D eigenvalue weighted by molar-refractivity contribution is -0.149. The molecule has 156 valence electrons. The van der Waals surface area contributed by atoms with Crippen molar-refractivity contribution in [3.63, 3.8) is 0 Å². The number of halogens is 1. The molecule has 29 heavy (non-hydrogen) atoms. The maximum absolute atomic E-state index is 13.5. The van der Waals surface area contributed by atoms with Gasteiger partial charge in [0.15, 0.2) is 0 Å². The minimum atomic E-state index is -0.278. The van der Waals surface area contributed by atoms with E-state index >= 15 is 0 Å². The number of esters is 1. The fourth-order valence-corrected chi connectivity index (χ4v) is 4.03. The molecule has 1 aliphatic rings. The van der Waals surface area contributed by atoms with Crippen LogP contribution >= 0.6 is 0 Å². The molecule has 1 amide bonds. The molecule has 1 aromatic carbocycles. The van der Waals surface area contributed by atoms with Gasteiger partial charge < -0.3 is 14.2 Å². The van der Waals surface area contributed by atoms with Crippen molar-refractivity contribution in [3.05, 3.63) is 58.2 Å². The zero-order chi connectivity index (χ0) is 21.1. The monoisotopic (exact) mass is 400 g/mol. The number of rotatable bonds is 5. The summed E-state index contributed by atoms with van der Waals surface area (Å²) in [6.45, 7) is 9.63. The zero-order valence-electron chi connectivity index (χ0n) is 17.6. The topological polar surface area (TPSA) is 51.5 Å². The smallest absolute Gasteiger partial charge is 0.310 e. The molecule has 1 fully saturated rings. The van der Waals surface area contributed by atoms with Gasteiger partial charge in [0.1, 0.15) is 11.5 Å². The summed E-state index contributed by atoms with van der Waals surface area (Å²) < 4.78 is 20.4. The van der Waals surface area contributed by atoms with Gasteiger partial charge in [-0.2, -0.15) is 0 Å². The summed E-state index contributed by atoms with van der Waals surface area (Å²) in [5.41, 5.74) is 4.63. The summed E-state index contributed by atoms with van der Waals surface area (Å²) in [4.78, 5) is 27.4. The van der Waals surface area contributed by atoms with Crippen LogP contribution in [-0.4, -0.2) is 41.0 Å². The third-order valence-electron chi connectivity index (χ3n) is 5.92. The van der Waals surface area contributed by atoms with Crippen molar-refractivity contribution in [3.8, 4) is 0 Å². The van der Waals surface area contributed by atoms with Gasteiger partial charge in [-0.1, -0.05) is 12.1 Å². The molecular weight excluding hydrogens is 371 g/mol. The van der Waals surface area contributed by atoms with Crippen LogP contribution in [0.2, 0.25) is 0 Å². The quantitative estimate of drug-likeness (QED) is 0.713. The van der Waals surface area contributed by atoms with Crippen molar-refractivity contribution in [1.29, 1.82) is 0 Å². The lowest BCUT2D eigenvalue weighted by atomic mass is 9.97. The number of carbonyl (C=O) groups is 2. The highest BCUT2D eigenvalue weighted by Crippen LogP contribution is 2.26. The van der Waals surface area contributed by atoms with Crippen molar-refractivity contribution >= 4 is 11.9 Å². The first-order valence-electron chi connectivity index (χ1n) is 10.2. The van der Waals surface area contributed by atoms with E-state index in [1.54, 1.807) is 24.0 Å². The fraction of sp³-hybridized carbons (Fsp3) is 0.478. The van der Waals surface area contributed by atoms with Crippen LogP contribution in [0.25, 0.3) is 0 Å². The molecule has 1 saturated heterocycles. The highest BCUT2D eigenvalue weighted by atomic mass is 19.1. The summed E-state index contributed by atoms with van der Waals surface area (Å²) in [6.07, 6.45) is 1.53. The Morgan fingerprint density at radius 3 is 2.48 bits per heavy atom. The predicted octanol–water partition coefficient (Wildman–Crippen LogP) is 4.02. The first-order valence-corrected chi connectivity index (χ1v) is 10.2. The normalized spacial score (nSPS) is 16.7. The fourth-order valence-electron chi connectivity index (χ4n) is 4.03. The summed E-state index contributed by atoms with van der Waals surface area (Å²) in [5.74, 6) is -0.832. The van der Waals surface area contributed by atoms with Gasteiger partial charge in [-0.05, 0) is 69.4 Å². The Kier molecular flexibility index (Phi) is 6.40. The molecule has 0 bridgehead atoms. The van der Waals surface area contributed by atoms with E-state index in [0.29, 0.717) is 31.9 Å². The van der Waals surface area contributed by atoms with Gasteiger partial charge in [0, 0.05) is 25.3 Å². The van der Waals surface area contributed by atoms with Gasteiger partial charge in [0.05, 0.1) is 12.5 Å². The number of ether oxygens (including phenoxy) is 1. The summed E-state index contributed by atoms with van der Waals surface area (Å²) in [7, 11) is 0. The van der Waals surface area contributed by atoms with Crippen molar-refractivity contribution < 1.29 is 18.7 Å². The van der Waals surface area contributed by atoms with Crippen molar-refractivity contribution in [2.24, 2.45) is 5.92 Å². The van der Waals surface area contributed by atoms with E-state index in [1.807, 2.05) is 25.3 Å². The number of likely N-dealkylation sites (tertiary alicyclic amines) is 1. The van der Waals surface area contributed by atoms with Gasteiger partial charge in [-0.15, -0.1) is 0 Å². The summed E-state index contributed by atoms with van der Waals surface area (Å²) in [5, 5.41) is 0. The first-order chi connectivity index (χ1) is 13.8. The van der Waals surface area contributed by atoms with Crippen LogP contribution in [0.15, 0.2) is 24.3 Å². The molecule has 5 nitrogen and oxygen atoms in total. The summed E-state index contributed by atoms with van der Waals surface area (Å²) >= 11 is 0. The second kappa shape index (κ2) is 8.80. The van der Waals surface area contributed by atoms with Crippen LogP contribution in [0.3, 0.4) is 0 Å². The average Bonchev–Trinajstić information content (AvgIpc) is 2.93. The zero-order valence-corrected chi connectivity index (χ0v) is 17.6. The highest BCUT2D eigenvalue weighted by molar-refractivity contribution is 5.95. The number of piperidine rings is 1. The van der Waals surface area contributed by atoms with Gasteiger partial charge >= 0.3 is 5.97 Å². The minimum absolute atomic E-state index is 0.0604. The number of hydrogen-bond donors (Lipinski definition) is 0. The van der Waals surface area contributed by atoms with Crippen molar-refractivity contribution in [2.45, 2.75) is 47.1 Å². The van der Waals surface area contributed by atoms with E-state index in [0.717, 1.165) is 35.2 Å². The largest absolute Gasteiger partial charge is 0.466 e. The van der Waals surface area contributed by atoms with E-state index in [9.17, 15) is 14.0 Å². The predicted molar refractivity (Wildman–Crippen MR) is 109 cm³/mol. The Hall–Kier alpha value is -2.63. The molecule has 6 heteroatoms. The number of amides is 1. The number of aromatic nitrogens is 1. The first kappa shape index (κ1) is 21.1. The maximum Gasteiger partial charge on any atom is 0.310 e. The maximum atomic E-state index is 13.5. The molecule has 0 N–H and O–H groups in total. The molecule has 0 aliphatic carbocycles. The van der Waals surface area contributed by atoms with Crippen LogP contribution < -0.4 is 0 Å². The Labute approximate surface area is 171 Å². The molecule has 2 heterocycles. The lowest BCUT2D eigenvalue weighted by Gasteiger charge is -2.32. The Morgan fingerprint density at radius 1 is 1.14 bits per heavy atom. The Bertz CT molecular complexity index is 902. The van der Waals surface area contributed by atoms with Crippen LogP contribution in [0.5, 0.6) is 0 Å². The number of hydrogen-bond acceptors (Lipinski definition) is 3.